The third-order valence-electron chi connectivity index (χ3n) is 3.73. The first-order valence-electron chi connectivity index (χ1n) is 7.70. The monoisotopic (exact) mass is 284 g/mol. The van der Waals surface area contributed by atoms with E-state index >= 15 is 0 Å². The van der Waals surface area contributed by atoms with Crippen molar-refractivity contribution in [1.29, 1.82) is 0 Å². The highest BCUT2D eigenvalue weighted by Crippen LogP contribution is 2.30. The average molecular weight is 284 g/mol. The maximum atomic E-state index is 11.6. The molecule has 5 heteroatoms. The summed E-state index contributed by atoms with van der Waals surface area (Å²) in [6.45, 7) is 3.93. The first kappa shape index (κ1) is 12.3. The number of carbonyl (C=O) groups excluding carboxylic acids is 1. The molecule has 21 heavy (non-hydrogen) atoms. The molecule has 0 fully saturated rings. The molecule has 0 aliphatic rings. The molecule has 1 aromatic carbocycles. The minimum atomic E-state index is -0.387. The summed E-state index contributed by atoms with van der Waals surface area (Å²) in [7, 11) is 0. The Morgan fingerprint density at radius 3 is 3.05 bits per heavy atom. The Hall–Kier alpha value is -2.43. The Morgan fingerprint density at radius 1 is 1.48 bits per heavy atom. The third-order valence-corrected chi connectivity index (χ3v) is 3.73. The number of hydrogen-bond donors (Lipinski definition) is 1. The number of para-hydroxylation sites is 1. The summed E-state index contributed by atoms with van der Waals surface area (Å²) in [5.41, 5.74) is 2.45. The van der Waals surface area contributed by atoms with Gasteiger partial charge in [0, 0.05) is 19.7 Å². The first-order chi connectivity index (χ1) is 10.7. The molecule has 5 nitrogen and oxygen atoms in total. The molecule has 3 rings (SSSR count). The Morgan fingerprint density at radius 2 is 2.29 bits per heavy atom. The average Bonchev–Trinajstić information content (AvgIpc) is 2.99. The van der Waals surface area contributed by atoms with E-state index < -0.39 is 0 Å². The van der Waals surface area contributed by atoms with Crippen molar-refractivity contribution in [3.63, 3.8) is 0 Å². The van der Waals surface area contributed by atoms with E-state index in [2.05, 4.69) is 33.7 Å². The lowest BCUT2D eigenvalue weighted by Gasteiger charge is -2.14. The highest BCUT2D eigenvalue weighted by atomic mass is 16.1. The number of fused-ring (bicyclic) bond motifs is 3. The van der Waals surface area contributed by atoms with E-state index in [0.717, 1.165) is 22.8 Å². The number of nitrogens with one attached hydrogen (secondary N) is 1. The molecule has 0 spiro atoms. The molecule has 1 atom stereocenters. The van der Waals surface area contributed by atoms with Crippen LogP contribution in [0.4, 0.5) is 5.82 Å². The number of anilines is 1. The molecule has 0 aliphatic heterocycles. The minimum Gasteiger partial charge on any atom is -0.327 e. The van der Waals surface area contributed by atoms with E-state index in [1.165, 1.54) is 0 Å². The van der Waals surface area contributed by atoms with Crippen molar-refractivity contribution in [2.75, 3.05) is 5.32 Å². The molecule has 1 unspecified atom stereocenters. The van der Waals surface area contributed by atoms with Gasteiger partial charge in [0.2, 0.25) is 5.91 Å². The van der Waals surface area contributed by atoms with Crippen LogP contribution in [-0.2, 0) is 4.79 Å². The van der Waals surface area contributed by atoms with Crippen LogP contribution in [0.2, 0.25) is 0 Å². The molecule has 0 saturated heterocycles. The molecule has 1 amide bonds. The summed E-state index contributed by atoms with van der Waals surface area (Å²) in [5, 5.41) is 3.70. The number of imidazole rings is 1. The summed E-state index contributed by atoms with van der Waals surface area (Å²) in [6.07, 6.45) is 2.78. The second kappa shape index (κ2) is 5.16. The number of amides is 1. The van der Waals surface area contributed by atoms with Crippen molar-refractivity contribution < 1.29 is 6.17 Å². The molecule has 0 radical (unpaired) electrons. The van der Waals surface area contributed by atoms with Gasteiger partial charge in [0.05, 0.1) is 17.4 Å². The van der Waals surface area contributed by atoms with Crippen LogP contribution in [-0.4, -0.2) is 20.4 Å². The summed E-state index contributed by atoms with van der Waals surface area (Å²) in [5.74, 6) is 0.0372. The van der Waals surface area contributed by atoms with Gasteiger partial charge in [-0.1, -0.05) is 25.1 Å². The number of pyridine rings is 1. The zero-order valence-electron chi connectivity index (χ0n) is 13.1. The molecule has 108 valence electrons. The van der Waals surface area contributed by atoms with Crippen LogP contribution in [0.5, 0.6) is 0 Å². The summed E-state index contributed by atoms with van der Waals surface area (Å²) >= 11 is 0. The Kier molecular flexibility index (Phi) is 3.03. The second-order valence-corrected chi connectivity index (χ2v) is 5.13. The van der Waals surface area contributed by atoms with Crippen LogP contribution in [0.15, 0.2) is 30.6 Å². The van der Waals surface area contributed by atoms with Crippen LogP contribution in [0.1, 0.15) is 34.6 Å². The highest BCUT2D eigenvalue weighted by molar-refractivity contribution is 6.09. The van der Waals surface area contributed by atoms with Gasteiger partial charge in [-0.05, 0) is 19.4 Å². The van der Waals surface area contributed by atoms with Crippen LogP contribution >= 0.6 is 0 Å². The molecular formula is C16H18N4O. The van der Waals surface area contributed by atoms with Crippen molar-refractivity contribution in [2.24, 2.45) is 0 Å². The topological polar surface area (TPSA) is 59.8 Å². The van der Waals surface area contributed by atoms with Crippen LogP contribution in [0, 0.1) is 0 Å². The van der Waals surface area contributed by atoms with Crippen molar-refractivity contribution in [3.8, 4) is 0 Å². The maximum absolute atomic E-state index is 11.6. The van der Waals surface area contributed by atoms with Crippen molar-refractivity contribution in [2.45, 2.75) is 33.2 Å². The van der Waals surface area contributed by atoms with E-state index in [4.69, 9.17) is 1.37 Å². The van der Waals surface area contributed by atoms with Gasteiger partial charge in [-0.25, -0.2) is 9.97 Å². The lowest BCUT2D eigenvalue weighted by Crippen LogP contribution is -2.09. The van der Waals surface area contributed by atoms with Gasteiger partial charge in [-0.3, -0.25) is 4.79 Å². The number of benzene rings is 1. The zero-order chi connectivity index (χ0) is 15.7. The van der Waals surface area contributed by atoms with Crippen LogP contribution < -0.4 is 5.32 Å². The standard InChI is InChI=1S/C16H18N4O/c1-4-10(2)20-9-17-14-15(20)12-7-5-6-8-13(12)19-16(14)18-11(3)21/h5-10H,4H2,1-3H3,(H,18,19,21)/i3T. The number of rotatable bonds is 3. The summed E-state index contributed by atoms with van der Waals surface area (Å²) < 4.78 is 9.29. The second-order valence-electron chi connectivity index (χ2n) is 5.13. The van der Waals surface area contributed by atoms with Gasteiger partial charge >= 0.3 is 0 Å². The molecule has 0 aliphatic carbocycles. The summed E-state index contributed by atoms with van der Waals surface area (Å²) in [4.78, 5) is 20.5. The van der Waals surface area contributed by atoms with E-state index in [0.29, 0.717) is 17.4 Å². The van der Waals surface area contributed by atoms with E-state index in [9.17, 15) is 4.79 Å². The smallest absolute Gasteiger partial charge is 0.222 e. The Bertz CT molecular complexity index is 843. The lowest BCUT2D eigenvalue weighted by molar-refractivity contribution is -0.114. The molecule has 2 heterocycles. The van der Waals surface area contributed by atoms with E-state index in [-0.39, 0.29) is 12.8 Å². The fraction of sp³-hybridized carbons (Fsp3) is 0.312. The quantitative estimate of drug-likeness (QED) is 0.800. The number of nitrogens with zero attached hydrogens (tertiary/aromatic N) is 3. The van der Waals surface area contributed by atoms with Crippen molar-refractivity contribution in [3.05, 3.63) is 30.6 Å². The van der Waals surface area contributed by atoms with Gasteiger partial charge in [0.1, 0.15) is 5.52 Å². The maximum Gasteiger partial charge on any atom is 0.222 e. The van der Waals surface area contributed by atoms with Crippen molar-refractivity contribution >= 4 is 33.7 Å². The van der Waals surface area contributed by atoms with Crippen LogP contribution in [0.25, 0.3) is 21.9 Å². The minimum absolute atomic E-state index is 0.301. The Balaban J connectivity index is 2.32. The van der Waals surface area contributed by atoms with Gasteiger partial charge in [0.25, 0.3) is 0 Å². The fourth-order valence-electron chi connectivity index (χ4n) is 2.50. The molecule has 0 bridgehead atoms. The molecule has 1 N–H and O–H groups in total. The van der Waals surface area contributed by atoms with Gasteiger partial charge < -0.3 is 9.88 Å². The number of aromatic nitrogens is 3. The molecule has 3 aromatic rings. The predicted octanol–water partition coefficient (Wildman–Crippen LogP) is 3.51. The SMILES string of the molecule is [3H]CC(=O)Nc1nc2ccccc2c2c1ncn2C(C)CC. The summed E-state index contributed by atoms with van der Waals surface area (Å²) in [6, 6.07) is 8.12. The zero-order valence-corrected chi connectivity index (χ0v) is 12.1. The first-order valence-corrected chi connectivity index (χ1v) is 7.00. The largest absolute Gasteiger partial charge is 0.327 e. The van der Waals surface area contributed by atoms with Crippen LogP contribution in [0.3, 0.4) is 0 Å². The highest BCUT2D eigenvalue weighted by Gasteiger charge is 2.16. The van der Waals surface area contributed by atoms with Gasteiger partial charge in [-0.2, -0.15) is 0 Å². The van der Waals surface area contributed by atoms with Gasteiger partial charge in [0.15, 0.2) is 5.82 Å². The number of hydrogen-bond acceptors (Lipinski definition) is 3. The van der Waals surface area contributed by atoms with Gasteiger partial charge in [-0.15, -0.1) is 0 Å². The number of carbonyl (C=O) groups is 1. The van der Waals surface area contributed by atoms with E-state index in [1.54, 1.807) is 6.33 Å². The fourth-order valence-corrected chi connectivity index (χ4v) is 2.50. The van der Waals surface area contributed by atoms with E-state index in [1.807, 2.05) is 24.3 Å². The normalized spacial score (nSPS) is 13.3. The third kappa shape index (κ3) is 2.24. The molecular weight excluding hydrogens is 264 g/mol. The Labute approximate surface area is 124 Å². The molecule has 2 aromatic heterocycles. The lowest BCUT2D eigenvalue weighted by atomic mass is 10.1. The predicted molar refractivity (Wildman–Crippen MR) is 84.3 cm³/mol. The van der Waals surface area contributed by atoms with Crippen molar-refractivity contribution in [1.82, 2.24) is 14.5 Å². The molecule has 0 saturated carbocycles.